The van der Waals surface area contributed by atoms with Crippen molar-refractivity contribution in [1.82, 2.24) is 10.2 Å². The second kappa shape index (κ2) is 9.17. The fraction of sp³-hybridized carbons (Fsp3) is 0.467. The van der Waals surface area contributed by atoms with E-state index in [2.05, 4.69) is 21.2 Å². The summed E-state index contributed by atoms with van der Waals surface area (Å²) in [6, 6.07) is 5.35. The molecule has 1 aromatic carbocycles. The summed E-state index contributed by atoms with van der Waals surface area (Å²) in [5.41, 5.74) is 1.08. The molecule has 1 amide bonds. The molecular weight excluding hydrogens is 368 g/mol. The van der Waals surface area contributed by atoms with Crippen LogP contribution >= 0.6 is 27.7 Å². The van der Waals surface area contributed by atoms with Crippen LogP contribution < -0.4 is 5.32 Å². The van der Waals surface area contributed by atoms with Crippen LogP contribution in [-0.2, 0) is 16.1 Å². The topological polar surface area (TPSA) is 69.6 Å². The SMILES string of the molecule is CSc1cc(Br)ccc1CN(CCNC(C)=O)C(C)C(=O)O. The van der Waals surface area contributed by atoms with Gasteiger partial charge < -0.3 is 10.4 Å². The van der Waals surface area contributed by atoms with Gasteiger partial charge >= 0.3 is 5.97 Å². The number of amides is 1. The standard InChI is InChI=1S/C15H21BrN2O3S/c1-10(15(20)21)18(7-6-17-11(2)19)9-12-4-5-13(16)8-14(12)22-3/h4-5,8,10H,6-7,9H2,1-3H3,(H,17,19)(H,20,21). The monoisotopic (exact) mass is 388 g/mol. The molecule has 0 heterocycles. The van der Waals surface area contributed by atoms with Gasteiger partial charge in [0.25, 0.3) is 0 Å². The first-order valence-electron chi connectivity index (χ1n) is 6.89. The van der Waals surface area contributed by atoms with Crippen LogP contribution in [0.25, 0.3) is 0 Å². The van der Waals surface area contributed by atoms with Crippen molar-refractivity contribution >= 4 is 39.6 Å². The third-order valence-electron chi connectivity index (χ3n) is 3.30. The van der Waals surface area contributed by atoms with Crippen molar-refractivity contribution < 1.29 is 14.7 Å². The van der Waals surface area contributed by atoms with Crippen molar-refractivity contribution in [2.75, 3.05) is 19.3 Å². The summed E-state index contributed by atoms with van der Waals surface area (Å²) >= 11 is 5.07. The van der Waals surface area contributed by atoms with Gasteiger partial charge in [-0.25, -0.2) is 0 Å². The Balaban J connectivity index is 2.87. The predicted molar refractivity (Wildman–Crippen MR) is 92.1 cm³/mol. The molecular formula is C15H21BrN2O3S. The first-order chi connectivity index (χ1) is 10.3. The van der Waals surface area contributed by atoms with Crippen molar-refractivity contribution in [2.24, 2.45) is 0 Å². The number of hydrogen-bond acceptors (Lipinski definition) is 4. The van der Waals surface area contributed by atoms with E-state index in [9.17, 15) is 14.7 Å². The molecule has 0 bridgehead atoms. The Bertz CT molecular complexity index is 540. The summed E-state index contributed by atoms with van der Waals surface area (Å²) in [6.07, 6.45) is 1.99. The molecule has 22 heavy (non-hydrogen) atoms. The Hall–Kier alpha value is -1.05. The van der Waals surface area contributed by atoms with Gasteiger partial charge in [0.15, 0.2) is 0 Å². The zero-order chi connectivity index (χ0) is 16.7. The summed E-state index contributed by atoms with van der Waals surface area (Å²) in [4.78, 5) is 25.2. The molecule has 0 fully saturated rings. The predicted octanol–water partition coefficient (Wildman–Crippen LogP) is 2.58. The maximum absolute atomic E-state index is 11.3. The normalized spacial score (nSPS) is 12.2. The number of thioether (sulfide) groups is 1. The number of nitrogens with zero attached hydrogens (tertiary/aromatic N) is 1. The molecule has 0 spiro atoms. The average molecular weight is 389 g/mol. The van der Waals surface area contributed by atoms with Crippen LogP contribution in [0.2, 0.25) is 0 Å². The van der Waals surface area contributed by atoms with Gasteiger partial charge in [0.05, 0.1) is 0 Å². The van der Waals surface area contributed by atoms with Crippen LogP contribution in [0.4, 0.5) is 0 Å². The van der Waals surface area contributed by atoms with E-state index in [1.54, 1.807) is 18.7 Å². The highest BCUT2D eigenvalue weighted by Crippen LogP contribution is 2.26. The van der Waals surface area contributed by atoms with Gasteiger partial charge in [0.1, 0.15) is 6.04 Å². The molecule has 0 aliphatic heterocycles. The molecule has 1 aromatic rings. The maximum atomic E-state index is 11.3. The number of rotatable bonds is 8. The summed E-state index contributed by atoms with van der Waals surface area (Å²) in [6.45, 7) is 4.55. The lowest BCUT2D eigenvalue weighted by atomic mass is 10.1. The fourth-order valence-corrected chi connectivity index (χ4v) is 3.16. The summed E-state index contributed by atoms with van der Waals surface area (Å²) in [5, 5.41) is 12.0. The van der Waals surface area contributed by atoms with E-state index in [0.29, 0.717) is 19.6 Å². The minimum absolute atomic E-state index is 0.114. The molecule has 0 aliphatic rings. The number of aliphatic carboxylic acids is 1. The number of carboxylic acid groups (broad SMARTS) is 1. The maximum Gasteiger partial charge on any atom is 0.320 e. The highest BCUT2D eigenvalue weighted by atomic mass is 79.9. The number of hydrogen-bond donors (Lipinski definition) is 2. The molecule has 2 N–H and O–H groups in total. The second-order valence-corrected chi connectivity index (χ2v) is 6.69. The second-order valence-electron chi connectivity index (χ2n) is 4.92. The quantitative estimate of drug-likeness (QED) is 0.669. The van der Waals surface area contributed by atoms with Crippen molar-refractivity contribution in [3.8, 4) is 0 Å². The third kappa shape index (κ3) is 5.98. The van der Waals surface area contributed by atoms with Gasteiger partial charge in [-0.3, -0.25) is 14.5 Å². The van der Waals surface area contributed by atoms with Crippen LogP contribution in [-0.4, -0.2) is 47.3 Å². The summed E-state index contributed by atoms with van der Waals surface area (Å²) in [7, 11) is 0. The Kier molecular flexibility index (Phi) is 7.92. The van der Waals surface area contributed by atoms with E-state index >= 15 is 0 Å². The van der Waals surface area contributed by atoms with Crippen LogP contribution in [0.3, 0.4) is 0 Å². The van der Waals surface area contributed by atoms with Crippen LogP contribution in [0, 0.1) is 0 Å². The van der Waals surface area contributed by atoms with E-state index < -0.39 is 12.0 Å². The van der Waals surface area contributed by atoms with Gasteiger partial charge in [-0.15, -0.1) is 11.8 Å². The Morgan fingerprint density at radius 2 is 2.14 bits per heavy atom. The third-order valence-corrected chi connectivity index (χ3v) is 4.61. The van der Waals surface area contributed by atoms with Crippen molar-refractivity contribution in [2.45, 2.75) is 31.3 Å². The Morgan fingerprint density at radius 1 is 1.45 bits per heavy atom. The number of nitrogens with one attached hydrogen (secondary N) is 1. The zero-order valence-corrected chi connectivity index (χ0v) is 15.3. The van der Waals surface area contributed by atoms with E-state index in [4.69, 9.17) is 0 Å². The van der Waals surface area contributed by atoms with E-state index in [-0.39, 0.29) is 5.91 Å². The zero-order valence-electron chi connectivity index (χ0n) is 12.9. The van der Waals surface area contributed by atoms with E-state index in [1.165, 1.54) is 6.92 Å². The number of carbonyl (C=O) groups excluding carboxylic acids is 1. The highest BCUT2D eigenvalue weighted by molar-refractivity contribution is 9.10. The van der Waals surface area contributed by atoms with Gasteiger partial charge in [0.2, 0.25) is 5.91 Å². The smallest absolute Gasteiger partial charge is 0.320 e. The minimum atomic E-state index is -0.870. The lowest BCUT2D eigenvalue weighted by Crippen LogP contribution is -2.42. The van der Waals surface area contributed by atoms with E-state index in [0.717, 1.165) is 14.9 Å². The van der Waals surface area contributed by atoms with Gasteiger partial charge in [0, 0.05) is 35.9 Å². The first-order valence-corrected chi connectivity index (χ1v) is 8.90. The number of benzene rings is 1. The van der Waals surface area contributed by atoms with Crippen LogP contribution in [0.15, 0.2) is 27.6 Å². The van der Waals surface area contributed by atoms with Crippen LogP contribution in [0.1, 0.15) is 19.4 Å². The summed E-state index contributed by atoms with van der Waals surface area (Å²) < 4.78 is 0.997. The van der Waals surface area contributed by atoms with Gasteiger partial charge in [-0.05, 0) is 30.9 Å². The fourth-order valence-electron chi connectivity index (χ4n) is 2.01. The molecule has 1 atom stereocenters. The number of carbonyl (C=O) groups is 2. The molecule has 7 heteroatoms. The van der Waals surface area contributed by atoms with Crippen LogP contribution in [0.5, 0.6) is 0 Å². The molecule has 1 unspecified atom stereocenters. The molecule has 0 radical (unpaired) electrons. The number of halogens is 1. The first kappa shape index (κ1) is 19.0. The van der Waals surface area contributed by atoms with E-state index in [1.807, 2.05) is 29.4 Å². The molecule has 5 nitrogen and oxygen atoms in total. The van der Waals surface area contributed by atoms with Crippen molar-refractivity contribution in [3.63, 3.8) is 0 Å². The molecule has 122 valence electrons. The van der Waals surface area contributed by atoms with Crippen molar-refractivity contribution in [3.05, 3.63) is 28.2 Å². The summed E-state index contributed by atoms with van der Waals surface area (Å²) in [5.74, 6) is -0.984. The largest absolute Gasteiger partial charge is 0.480 e. The Labute approximate surface area is 143 Å². The lowest BCUT2D eigenvalue weighted by molar-refractivity contribution is -0.142. The van der Waals surface area contributed by atoms with Crippen molar-refractivity contribution in [1.29, 1.82) is 0 Å². The minimum Gasteiger partial charge on any atom is -0.480 e. The molecule has 0 aliphatic carbocycles. The molecule has 1 rings (SSSR count). The van der Waals surface area contributed by atoms with Gasteiger partial charge in [-0.1, -0.05) is 22.0 Å². The molecule has 0 saturated carbocycles. The number of carboxylic acids is 1. The van der Waals surface area contributed by atoms with Gasteiger partial charge in [-0.2, -0.15) is 0 Å². The highest BCUT2D eigenvalue weighted by Gasteiger charge is 2.21. The molecule has 0 saturated heterocycles. The lowest BCUT2D eigenvalue weighted by Gasteiger charge is -2.27. The Morgan fingerprint density at radius 3 is 2.68 bits per heavy atom. The molecule has 0 aromatic heterocycles. The average Bonchev–Trinajstić information content (AvgIpc) is 2.46.